The van der Waals surface area contributed by atoms with Crippen molar-refractivity contribution in [2.24, 2.45) is 0 Å². The van der Waals surface area contributed by atoms with E-state index in [4.69, 9.17) is 26.5 Å². The number of aromatic nitrogens is 2. The monoisotopic (exact) mass is 366 g/mol. The number of carbonyl (C=O) groups is 1. The first-order valence-electron chi connectivity index (χ1n) is 6.99. The molecule has 1 amide bonds. The van der Waals surface area contributed by atoms with Gasteiger partial charge in [-0.15, -0.1) is 10.2 Å². The zero-order valence-electron chi connectivity index (χ0n) is 13.2. The Morgan fingerprint density at radius 3 is 2.75 bits per heavy atom. The summed E-state index contributed by atoms with van der Waals surface area (Å²) in [5, 5.41) is 12.7. The highest BCUT2D eigenvalue weighted by molar-refractivity contribution is 7.15. The van der Waals surface area contributed by atoms with Gasteiger partial charge in [0.15, 0.2) is 17.1 Å². The van der Waals surface area contributed by atoms with E-state index in [1.807, 2.05) is 13.8 Å². The Labute approximate surface area is 146 Å². The molecule has 0 saturated heterocycles. The van der Waals surface area contributed by atoms with Gasteiger partial charge < -0.3 is 20.2 Å². The molecule has 0 atom stereocenters. The molecule has 0 aliphatic heterocycles. The van der Waals surface area contributed by atoms with Crippen LogP contribution >= 0.6 is 22.9 Å². The molecular formula is C15H15ClN4O3S. The molecular weight excluding hydrogens is 352 g/mol. The maximum Gasteiger partial charge on any atom is 0.287 e. The summed E-state index contributed by atoms with van der Waals surface area (Å²) in [6.45, 7) is 3.62. The molecule has 3 aromatic rings. The van der Waals surface area contributed by atoms with E-state index in [-0.39, 0.29) is 11.7 Å². The fourth-order valence-electron chi connectivity index (χ4n) is 2.24. The number of fused-ring (bicyclic) bond motifs is 1. The molecule has 0 radical (unpaired) electrons. The van der Waals surface area contributed by atoms with E-state index in [1.54, 1.807) is 18.2 Å². The zero-order valence-corrected chi connectivity index (χ0v) is 14.8. The van der Waals surface area contributed by atoms with Crippen molar-refractivity contribution in [3.63, 3.8) is 0 Å². The number of nitrogens with zero attached hydrogens (tertiary/aromatic N) is 2. The Morgan fingerprint density at radius 2 is 2.12 bits per heavy atom. The molecule has 126 valence electrons. The van der Waals surface area contributed by atoms with Crippen molar-refractivity contribution in [3.05, 3.63) is 34.0 Å². The van der Waals surface area contributed by atoms with Gasteiger partial charge in [-0.2, -0.15) is 0 Å². The third-order valence-electron chi connectivity index (χ3n) is 3.39. The number of rotatable bonds is 4. The van der Waals surface area contributed by atoms with E-state index in [1.165, 1.54) is 18.4 Å². The van der Waals surface area contributed by atoms with Crippen LogP contribution in [0, 0.1) is 0 Å². The molecule has 2 heterocycles. The Kier molecular flexibility index (Phi) is 4.10. The number of halogens is 1. The van der Waals surface area contributed by atoms with E-state index in [0.717, 1.165) is 0 Å². The summed E-state index contributed by atoms with van der Waals surface area (Å²) < 4.78 is 10.9. The lowest BCUT2D eigenvalue weighted by molar-refractivity contribution is 0.0885. The first-order valence-corrected chi connectivity index (χ1v) is 8.18. The van der Waals surface area contributed by atoms with Crippen molar-refractivity contribution in [3.8, 4) is 5.75 Å². The number of anilines is 1. The lowest BCUT2D eigenvalue weighted by Crippen LogP contribution is -2.40. The molecule has 0 unspecified atom stereocenters. The lowest BCUT2D eigenvalue weighted by atomic mass is 10.1. The predicted octanol–water partition coefficient (Wildman–Crippen LogP) is 3.19. The highest BCUT2D eigenvalue weighted by atomic mass is 35.5. The number of hydrogen-bond donors (Lipinski definition) is 2. The minimum atomic E-state index is -0.743. The van der Waals surface area contributed by atoms with Gasteiger partial charge in [0.25, 0.3) is 5.91 Å². The summed E-state index contributed by atoms with van der Waals surface area (Å²) in [6, 6.07) is 4.95. The molecule has 0 aliphatic carbocycles. The van der Waals surface area contributed by atoms with Crippen LogP contribution in [0.2, 0.25) is 5.02 Å². The Morgan fingerprint density at radius 1 is 1.38 bits per heavy atom. The van der Waals surface area contributed by atoms with Gasteiger partial charge in [0.05, 0.1) is 12.6 Å². The van der Waals surface area contributed by atoms with Gasteiger partial charge in [0, 0.05) is 16.5 Å². The van der Waals surface area contributed by atoms with Crippen LogP contribution in [0.15, 0.2) is 22.6 Å². The number of benzene rings is 1. The number of nitrogens with two attached hydrogens (primary N) is 1. The third-order valence-corrected chi connectivity index (χ3v) is 4.69. The second kappa shape index (κ2) is 5.95. The van der Waals surface area contributed by atoms with Crippen molar-refractivity contribution < 1.29 is 13.9 Å². The molecule has 2 aromatic heterocycles. The molecule has 0 aliphatic rings. The molecule has 0 saturated carbocycles. The van der Waals surface area contributed by atoms with Crippen LogP contribution in [0.1, 0.15) is 29.4 Å². The Hall–Kier alpha value is -2.32. The molecule has 24 heavy (non-hydrogen) atoms. The van der Waals surface area contributed by atoms with Crippen LogP contribution in [0.4, 0.5) is 5.13 Å². The van der Waals surface area contributed by atoms with Crippen LogP contribution in [0.5, 0.6) is 5.75 Å². The number of furan rings is 1. The number of ether oxygens (including phenoxy) is 1. The summed E-state index contributed by atoms with van der Waals surface area (Å²) in [7, 11) is 1.51. The molecule has 3 rings (SSSR count). The quantitative estimate of drug-likeness (QED) is 0.734. The van der Waals surface area contributed by atoms with Gasteiger partial charge in [0.1, 0.15) is 5.01 Å². The second-order valence-corrected chi connectivity index (χ2v) is 7.11. The molecule has 0 spiro atoms. The summed E-state index contributed by atoms with van der Waals surface area (Å²) in [5.74, 6) is 0.229. The summed E-state index contributed by atoms with van der Waals surface area (Å²) in [5.41, 5.74) is 5.32. The normalized spacial score (nSPS) is 11.7. The predicted molar refractivity (Wildman–Crippen MR) is 92.6 cm³/mol. The van der Waals surface area contributed by atoms with E-state index >= 15 is 0 Å². The van der Waals surface area contributed by atoms with Crippen LogP contribution in [-0.4, -0.2) is 23.2 Å². The number of nitrogen functional groups attached to an aromatic ring is 1. The first-order chi connectivity index (χ1) is 11.3. The minimum absolute atomic E-state index is 0.149. The number of amides is 1. The van der Waals surface area contributed by atoms with E-state index < -0.39 is 5.54 Å². The largest absolute Gasteiger partial charge is 0.493 e. The van der Waals surface area contributed by atoms with Crippen molar-refractivity contribution in [1.82, 2.24) is 15.5 Å². The lowest BCUT2D eigenvalue weighted by Gasteiger charge is -2.22. The molecule has 0 bridgehead atoms. The SMILES string of the molecule is COc1cc(Cl)cc2cc(C(=O)NC(C)(C)c3nnc(N)s3)oc12. The fourth-order valence-corrected chi connectivity index (χ4v) is 3.12. The number of nitrogens with one attached hydrogen (secondary N) is 1. The van der Waals surface area contributed by atoms with Gasteiger partial charge in [-0.05, 0) is 26.0 Å². The van der Waals surface area contributed by atoms with Crippen molar-refractivity contribution in [1.29, 1.82) is 0 Å². The second-order valence-electron chi connectivity index (χ2n) is 5.66. The van der Waals surface area contributed by atoms with Crippen molar-refractivity contribution in [2.75, 3.05) is 12.8 Å². The highest BCUT2D eigenvalue weighted by Gasteiger charge is 2.29. The van der Waals surface area contributed by atoms with Gasteiger partial charge in [-0.3, -0.25) is 4.79 Å². The Balaban J connectivity index is 1.91. The van der Waals surface area contributed by atoms with Crippen LogP contribution in [-0.2, 0) is 5.54 Å². The maximum absolute atomic E-state index is 12.5. The van der Waals surface area contributed by atoms with Crippen LogP contribution in [0.25, 0.3) is 11.0 Å². The maximum atomic E-state index is 12.5. The average Bonchev–Trinajstić information content (AvgIpc) is 3.12. The van der Waals surface area contributed by atoms with Gasteiger partial charge in [0.2, 0.25) is 5.13 Å². The molecule has 0 fully saturated rings. The topological polar surface area (TPSA) is 103 Å². The smallest absolute Gasteiger partial charge is 0.287 e. The van der Waals surface area contributed by atoms with E-state index in [9.17, 15) is 4.79 Å². The summed E-state index contributed by atoms with van der Waals surface area (Å²) in [4.78, 5) is 12.5. The van der Waals surface area contributed by atoms with Gasteiger partial charge in [-0.1, -0.05) is 22.9 Å². The van der Waals surface area contributed by atoms with Crippen molar-refractivity contribution >= 4 is 44.9 Å². The highest BCUT2D eigenvalue weighted by Crippen LogP contribution is 2.33. The molecule has 3 N–H and O–H groups in total. The van der Waals surface area contributed by atoms with Crippen LogP contribution in [0.3, 0.4) is 0 Å². The zero-order chi connectivity index (χ0) is 17.5. The number of hydrogen-bond acceptors (Lipinski definition) is 7. The van der Waals surface area contributed by atoms with Gasteiger partial charge >= 0.3 is 0 Å². The van der Waals surface area contributed by atoms with Gasteiger partial charge in [-0.25, -0.2) is 0 Å². The third kappa shape index (κ3) is 3.02. The summed E-state index contributed by atoms with van der Waals surface area (Å²) in [6.07, 6.45) is 0. The number of methoxy groups -OCH3 is 1. The molecule has 7 nitrogen and oxygen atoms in total. The molecule has 1 aromatic carbocycles. The molecule has 9 heteroatoms. The Bertz CT molecular complexity index is 919. The average molecular weight is 367 g/mol. The standard InChI is InChI=1S/C15H15ClN4O3S/c1-15(2,13-19-20-14(17)24-13)18-12(21)10-5-7-4-8(16)6-9(22-3)11(7)23-10/h4-6H,1-3H3,(H2,17,20)(H,18,21). The fraction of sp³-hybridized carbons (Fsp3) is 0.267. The van der Waals surface area contributed by atoms with Crippen molar-refractivity contribution in [2.45, 2.75) is 19.4 Å². The number of carbonyl (C=O) groups excluding carboxylic acids is 1. The minimum Gasteiger partial charge on any atom is -0.493 e. The van der Waals surface area contributed by atoms with Crippen LogP contribution < -0.4 is 15.8 Å². The van der Waals surface area contributed by atoms with E-state index in [2.05, 4.69) is 15.5 Å². The van der Waals surface area contributed by atoms with E-state index in [0.29, 0.717) is 31.9 Å². The first kappa shape index (κ1) is 16.5. The summed E-state index contributed by atoms with van der Waals surface area (Å²) >= 11 is 7.25.